The summed E-state index contributed by atoms with van der Waals surface area (Å²) in [4.78, 5) is 16.7. The highest BCUT2D eigenvalue weighted by atomic mass is 35.5. The molecule has 1 heterocycles. The van der Waals surface area contributed by atoms with Crippen LogP contribution in [0.2, 0.25) is 0 Å². The van der Waals surface area contributed by atoms with Crippen LogP contribution in [0.3, 0.4) is 0 Å². The van der Waals surface area contributed by atoms with E-state index < -0.39 is 5.41 Å². The lowest BCUT2D eigenvalue weighted by Crippen LogP contribution is -2.32. The molecule has 2 rings (SSSR count). The van der Waals surface area contributed by atoms with E-state index in [0.717, 1.165) is 22.3 Å². The molecule has 1 aromatic carbocycles. The summed E-state index contributed by atoms with van der Waals surface area (Å²) in [5.41, 5.74) is 1.85. The predicted molar refractivity (Wildman–Crippen MR) is 79.6 cm³/mol. The Morgan fingerprint density at radius 2 is 2.05 bits per heavy atom. The van der Waals surface area contributed by atoms with Gasteiger partial charge in [-0.05, 0) is 32.9 Å². The highest BCUT2D eigenvalue weighted by Crippen LogP contribution is 2.25. The Balaban J connectivity index is 2.41. The van der Waals surface area contributed by atoms with E-state index in [1.54, 1.807) is 0 Å². The van der Waals surface area contributed by atoms with Gasteiger partial charge in [-0.15, -0.1) is 11.6 Å². The van der Waals surface area contributed by atoms with Crippen molar-refractivity contribution in [3.05, 3.63) is 36.0 Å². The van der Waals surface area contributed by atoms with Gasteiger partial charge in [-0.3, -0.25) is 9.78 Å². The number of fused-ring (bicyclic) bond motifs is 1. The van der Waals surface area contributed by atoms with Crippen molar-refractivity contribution < 1.29 is 4.79 Å². The molecule has 3 nitrogen and oxygen atoms in total. The van der Waals surface area contributed by atoms with Crippen LogP contribution in [0, 0.1) is 12.3 Å². The summed E-state index contributed by atoms with van der Waals surface area (Å²) in [6, 6.07) is 9.69. The summed E-state index contributed by atoms with van der Waals surface area (Å²) >= 11 is 5.82. The SMILES string of the molecule is Cc1ccc2cccc(NC(=O)C(C)(C)CCl)c2n1. The van der Waals surface area contributed by atoms with Crippen LogP contribution < -0.4 is 5.32 Å². The average molecular weight is 277 g/mol. The van der Waals surface area contributed by atoms with E-state index in [9.17, 15) is 4.79 Å². The van der Waals surface area contributed by atoms with Gasteiger partial charge < -0.3 is 5.32 Å². The van der Waals surface area contributed by atoms with Crippen LogP contribution >= 0.6 is 11.6 Å². The number of aromatic nitrogens is 1. The van der Waals surface area contributed by atoms with Gasteiger partial charge in [0, 0.05) is 17.0 Å². The maximum atomic E-state index is 12.2. The number of nitrogens with one attached hydrogen (secondary N) is 1. The number of anilines is 1. The third-order valence-electron chi connectivity index (χ3n) is 3.06. The number of amides is 1. The first-order valence-electron chi connectivity index (χ1n) is 6.18. The molecule has 0 saturated heterocycles. The topological polar surface area (TPSA) is 42.0 Å². The quantitative estimate of drug-likeness (QED) is 0.868. The maximum Gasteiger partial charge on any atom is 0.231 e. The second-order valence-electron chi connectivity index (χ2n) is 5.30. The second kappa shape index (κ2) is 5.17. The third-order valence-corrected chi connectivity index (χ3v) is 3.72. The minimum absolute atomic E-state index is 0.0988. The van der Waals surface area contributed by atoms with E-state index in [4.69, 9.17) is 11.6 Å². The Morgan fingerprint density at radius 3 is 2.74 bits per heavy atom. The molecule has 4 heteroatoms. The highest BCUT2D eigenvalue weighted by Gasteiger charge is 2.26. The Bertz CT molecular complexity index is 623. The molecular formula is C15H17ClN2O. The van der Waals surface area contributed by atoms with Crippen LogP contribution in [0.25, 0.3) is 10.9 Å². The molecule has 19 heavy (non-hydrogen) atoms. The van der Waals surface area contributed by atoms with Crippen LogP contribution in [-0.4, -0.2) is 16.8 Å². The van der Waals surface area contributed by atoms with Crippen LogP contribution in [0.4, 0.5) is 5.69 Å². The van der Waals surface area contributed by atoms with Crippen LogP contribution in [0.5, 0.6) is 0 Å². The lowest BCUT2D eigenvalue weighted by Gasteiger charge is -2.20. The molecule has 0 bridgehead atoms. The van der Waals surface area contributed by atoms with Gasteiger partial charge >= 0.3 is 0 Å². The number of para-hydroxylation sites is 1. The van der Waals surface area contributed by atoms with Crippen molar-refractivity contribution in [1.29, 1.82) is 0 Å². The van der Waals surface area contributed by atoms with Crippen LogP contribution in [0.1, 0.15) is 19.5 Å². The number of rotatable bonds is 3. The second-order valence-corrected chi connectivity index (χ2v) is 5.57. The molecular weight excluding hydrogens is 260 g/mol. The van der Waals surface area contributed by atoms with Gasteiger partial charge in [-0.1, -0.05) is 18.2 Å². The average Bonchev–Trinajstić information content (AvgIpc) is 2.39. The summed E-state index contributed by atoms with van der Waals surface area (Å²) in [5.74, 6) is 0.175. The molecule has 2 aromatic rings. The van der Waals surface area contributed by atoms with Crippen molar-refractivity contribution in [2.45, 2.75) is 20.8 Å². The molecule has 100 valence electrons. The monoisotopic (exact) mass is 276 g/mol. The highest BCUT2D eigenvalue weighted by molar-refractivity contribution is 6.20. The van der Waals surface area contributed by atoms with Gasteiger partial charge in [-0.25, -0.2) is 0 Å². The molecule has 1 amide bonds. The molecule has 0 spiro atoms. The van der Waals surface area contributed by atoms with Crippen molar-refractivity contribution in [2.75, 3.05) is 11.2 Å². The Hall–Kier alpha value is -1.61. The van der Waals surface area contributed by atoms with Crippen molar-refractivity contribution in [2.24, 2.45) is 5.41 Å². The minimum Gasteiger partial charge on any atom is -0.324 e. The number of halogens is 1. The van der Waals surface area contributed by atoms with Gasteiger partial charge in [0.15, 0.2) is 0 Å². The van der Waals surface area contributed by atoms with Gasteiger partial charge in [-0.2, -0.15) is 0 Å². The molecule has 0 aliphatic rings. The van der Waals surface area contributed by atoms with Gasteiger partial charge in [0.05, 0.1) is 16.6 Å². The number of alkyl halides is 1. The minimum atomic E-state index is -0.604. The molecule has 0 saturated carbocycles. The molecule has 0 unspecified atom stereocenters. The smallest absolute Gasteiger partial charge is 0.231 e. The van der Waals surface area contributed by atoms with E-state index in [2.05, 4.69) is 10.3 Å². The lowest BCUT2D eigenvalue weighted by atomic mass is 9.95. The van der Waals surface area contributed by atoms with Crippen molar-refractivity contribution in [1.82, 2.24) is 4.98 Å². The maximum absolute atomic E-state index is 12.2. The summed E-state index contributed by atoms with van der Waals surface area (Å²) in [6.45, 7) is 5.57. The largest absolute Gasteiger partial charge is 0.324 e. The zero-order valence-electron chi connectivity index (χ0n) is 11.3. The Morgan fingerprint density at radius 1 is 1.32 bits per heavy atom. The van der Waals surface area contributed by atoms with E-state index in [1.165, 1.54) is 0 Å². The molecule has 0 aliphatic heterocycles. The fraction of sp³-hybridized carbons (Fsp3) is 0.333. The van der Waals surface area contributed by atoms with Crippen molar-refractivity contribution in [3.8, 4) is 0 Å². The van der Waals surface area contributed by atoms with Crippen LogP contribution in [-0.2, 0) is 4.79 Å². The predicted octanol–water partition coefficient (Wildman–Crippen LogP) is 3.75. The summed E-state index contributed by atoms with van der Waals surface area (Å²) < 4.78 is 0. The van der Waals surface area contributed by atoms with Gasteiger partial charge in [0.25, 0.3) is 0 Å². The molecule has 1 N–H and O–H groups in total. The number of hydrogen-bond acceptors (Lipinski definition) is 2. The number of nitrogens with zero attached hydrogens (tertiary/aromatic N) is 1. The first-order valence-corrected chi connectivity index (χ1v) is 6.71. The summed E-state index contributed by atoms with van der Waals surface area (Å²) in [6.07, 6.45) is 0. The number of hydrogen-bond donors (Lipinski definition) is 1. The lowest BCUT2D eigenvalue weighted by molar-refractivity contribution is -0.122. The van der Waals surface area contributed by atoms with Gasteiger partial charge in [0.2, 0.25) is 5.91 Å². The van der Waals surface area contributed by atoms with Crippen LogP contribution in [0.15, 0.2) is 30.3 Å². The number of benzene rings is 1. The molecule has 0 atom stereocenters. The van der Waals surface area contributed by atoms with Crippen molar-refractivity contribution in [3.63, 3.8) is 0 Å². The van der Waals surface area contributed by atoms with E-state index in [0.29, 0.717) is 0 Å². The fourth-order valence-electron chi connectivity index (χ4n) is 1.70. The molecule has 0 fully saturated rings. The standard InChI is InChI=1S/C15H17ClN2O/c1-10-7-8-11-5-4-6-12(13(11)17-10)18-14(19)15(2,3)9-16/h4-8H,9H2,1-3H3,(H,18,19). The first-order chi connectivity index (χ1) is 8.94. The number of carbonyl (C=O) groups is 1. The summed E-state index contributed by atoms with van der Waals surface area (Å²) in [5, 5.41) is 3.92. The van der Waals surface area contributed by atoms with E-state index >= 15 is 0 Å². The molecule has 1 aromatic heterocycles. The summed E-state index contributed by atoms with van der Waals surface area (Å²) in [7, 11) is 0. The number of pyridine rings is 1. The Kier molecular flexibility index (Phi) is 3.76. The molecule has 0 aliphatic carbocycles. The third kappa shape index (κ3) is 2.87. The van der Waals surface area contributed by atoms with Gasteiger partial charge in [0.1, 0.15) is 0 Å². The number of carbonyl (C=O) groups excluding carboxylic acids is 1. The fourth-order valence-corrected chi connectivity index (χ4v) is 1.82. The zero-order chi connectivity index (χ0) is 14.0. The Labute approximate surface area is 118 Å². The molecule has 0 radical (unpaired) electrons. The zero-order valence-corrected chi connectivity index (χ0v) is 12.1. The van der Waals surface area contributed by atoms with E-state index in [1.807, 2.05) is 51.1 Å². The van der Waals surface area contributed by atoms with E-state index in [-0.39, 0.29) is 11.8 Å². The normalized spacial score (nSPS) is 11.6. The first kappa shape index (κ1) is 13.8. The van der Waals surface area contributed by atoms with Crippen molar-refractivity contribution >= 4 is 34.1 Å². The number of aryl methyl sites for hydroxylation is 1.